The number of ketones is 2. The van der Waals surface area contributed by atoms with E-state index < -0.39 is 0 Å². The number of benzene rings is 1. The molecular weight excluding hydrogens is 206 g/mol. The number of nitrogen functional groups attached to an aromatic ring is 1. The van der Waals surface area contributed by atoms with Crippen molar-refractivity contribution >= 4 is 17.3 Å². The first-order valence-corrected chi connectivity index (χ1v) is 5.10. The van der Waals surface area contributed by atoms with E-state index in [2.05, 4.69) is 0 Å². The average Bonchev–Trinajstić information content (AvgIpc) is 2.20. The molecule has 0 aliphatic heterocycles. The molecule has 16 heavy (non-hydrogen) atoms. The number of ether oxygens (including phenoxy) is 1. The van der Waals surface area contributed by atoms with E-state index in [1.807, 2.05) is 6.92 Å². The van der Waals surface area contributed by atoms with E-state index in [0.717, 1.165) is 0 Å². The zero-order chi connectivity index (χ0) is 12.1. The fourth-order valence-corrected chi connectivity index (χ4v) is 1.40. The molecule has 0 spiro atoms. The Kier molecular flexibility index (Phi) is 4.05. The fourth-order valence-electron chi connectivity index (χ4n) is 1.40. The first-order chi connectivity index (χ1) is 7.56. The summed E-state index contributed by atoms with van der Waals surface area (Å²) in [7, 11) is 0. The van der Waals surface area contributed by atoms with Crippen molar-refractivity contribution in [2.45, 2.75) is 20.3 Å². The second-order valence-electron chi connectivity index (χ2n) is 3.46. The zero-order valence-corrected chi connectivity index (χ0v) is 9.45. The van der Waals surface area contributed by atoms with Crippen LogP contribution in [0.15, 0.2) is 18.2 Å². The molecule has 0 saturated carbocycles. The molecule has 0 fully saturated rings. The highest BCUT2D eigenvalue weighted by molar-refractivity contribution is 6.09. The summed E-state index contributed by atoms with van der Waals surface area (Å²) in [5.74, 6) is -0.0608. The molecule has 0 unspecified atom stereocenters. The van der Waals surface area contributed by atoms with Crippen molar-refractivity contribution in [3.05, 3.63) is 23.8 Å². The first kappa shape index (κ1) is 12.2. The van der Waals surface area contributed by atoms with E-state index in [9.17, 15) is 9.59 Å². The lowest BCUT2D eigenvalue weighted by Gasteiger charge is -2.11. The molecule has 1 rings (SSSR count). The summed E-state index contributed by atoms with van der Waals surface area (Å²) in [5, 5.41) is 0. The number of anilines is 1. The maximum atomic E-state index is 11.7. The molecule has 0 amide bonds. The second-order valence-corrected chi connectivity index (χ2v) is 3.46. The van der Waals surface area contributed by atoms with Crippen LogP contribution in [0.2, 0.25) is 0 Å². The minimum Gasteiger partial charge on any atom is -0.491 e. The lowest BCUT2D eigenvalue weighted by molar-refractivity contribution is -0.116. The van der Waals surface area contributed by atoms with Gasteiger partial charge in [-0.2, -0.15) is 0 Å². The third kappa shape index (κ3) is 2.82. The number of para-hydroxylation sites is 1. The minimum absolute atomic E-state index is 0.122. The SMILES string of the molecule is CCOc1c(N)cccc1C(=O)CC(C)=O. The third-order valence-electron chi connectivity index (χ3n) is 2.04. The highest BCUT2D eigenvalue weighted by Gasteiger charge is 2.15. The van der Waals surface area contributed by atoms with Crippen molar-refractivity contribution in [1.82, 2.24) is 0 Å². The van der Waals surface area contributed by atoms with Crippen molar-refractivity contribution in [1.29, 1.82) is 0 Å². The molecule has 2 N–H and O–H groups in total. The van der Waals surface area contributed by atoms with Gasteiger partial charge in [-0.1, -0.05) is 6.07 Å². The Hall–Kier alpha value is -1.84. The van der Waals surface area contributed by atoms with Crippen LogP contribution in [0.5, 0.6) is 5.75 Å². The van der Waals surface area contributed by atoms with Gasteiger partial charge in [0.05, 0.1) is 24.3 Å². The maximum absolute atomic E-state index is 11.7. The Labute approximate surface area is 94.4 Å². The zero-order valence-electron chi connectivity index (χ0n) is 9.45. The third-order valence-corrected chi connectivity index (χ3v) is 2.04. The van der Waals surface area contributed by atoms with Gasteiger partial charge >= 0.3 is 0 Å². The fraction of sp³-hybridized carbons (Fsp3) is 0.333. The van der Waals surface area contributed by atoms with Crippen LogP contribution in [0, 0.1) is 0 Å². The molecule has 86 valence electrons. The van der Waals surface area contributed by atoms with Crippen LogP contribution in [-0.4, -0.2) is 18.2 Å². The molecule has 0 aliphatic carbocycles. The van der Waals surface area contributed by atoms with Gasteiger partial charge in [-0.3, -0.25) is 9.59 Å². The number of carbonyl (C=O) groups is 2. The van der Waals surface area contributed by atoms with Crippen LogP contribution in [0.3, 0.4) is 0 Å². The molecule has 1 aromatic rings. The number of nitrogens with two attached hydrogens (primary N) is 1. The van der Waals surface area contributed by atoms with Crippen LogP contribution in [0.4, 0.5) is 5.69 Å². The largest absolute Gasteiger partial charge is 0.491 e. The lowest BCUT2D eigenvalue weighted by atomic mass is 10.0. The molecule has 4 heteroatoms. The van der Waals surface area contributed by atoms with Crippen molar-refractivity contribution in [3.63, 3.8) is 0 Å². The average molecular weight is 221 g/mol. The molecule has 1 aromatic carbocycles. The van der Waals surface area contributed by atoms with Crippen molar-refractivity contribution < 1.29 is 14.3 Å². The number of hydrogen-bond donors (Lipinski definition) is 1. The van der Waals surface area contributed by atoms with Crippen molar-refractivity contribution in [2.24, 2.45) is 0 Å². The summed E-state index contributed by atoms with van der Waals surface area (Å²) in [5.41, 5.74) is 6.50. The van der Waals surface area contributed by atoms with Crippen LogP contribution >= 0.6 is 0 Å². The number of Topliss-reactive ketones (excluding diaryl/α,β-unsaturated/α-hetero) is 2. The maximum Gasteiger partial charge on any atom is 0.174 e. The molecule has 4 nitrogen and oxygen atoms in total. The van der Waals surface area contributed by atoms with Gasteiger partial charge in [0.15, 0.2) is 11.5 Å². The van der Waals surface area contributed by atoms with Gasteiger partial charge in [-0.05, 0) is 26.0 Å². The highest BCUT2D eigenvalue weighted by Crippen LogP contribution is 2.27. The van der Waals surface area contributed by atoms with Crippen LogP contribution in [0.25, 0.3) is 0 Å². The monoisotopic (exact) mass is 221 g/mol. The van der Waals surface area contributed by atoms with E-state index in [-0.39, 0.29) is 18.0 Å². The molecule has 0 aliphatic rings. The number of rotatable bonds is 5. The van der Waals surface area contributed by atoms with Crippen LogP contribution in [-0.2, 0) is 4.79 Å². The Morgan fingerprint density at radius 3 is 2.62 bits per heavy atom. The number of hydrogen-bond acceptors (Lipinski definition) is 4. The summed E-state index contributed by atoms with van der Waals surface area (Å²) in [6.45, 7) is 3.62. The quantitative estimate of drug-likeness (QED) is 0.468. The topological polar surface area (TPSA) is 69.4 Å². The Morgan fingerprint density at radius 2 is 2.06 bits per heavy atom. The normalized spacial score (nSPS) is 9.88. The van der Waals surface area contributed by atoms with Crippen molar-refractivity contribution in [3.8, 4) is 5.75 Å². The van der Waals surface area contributed by atoms with E-state index in [4.69, 9.17) is 10.5 Å². The molecule has 0 bridgehead atoms. The lowest BCUT2D eigenvalue weighted by Crippen LogP contribution is -2.09. The molecule has 0 atom stereocenters. The van der Waals surface area contributed by atoms with Crippen LogP contribution in [0.1, 0.15) is 30.6 Å². The molecule has 0 heterocycles. The van der Waals surface area contributed by atoms with Gasteiger partial charge in [0.2, 0.25) is 0 Å². The first-order valence-electron chi connectivity index (χ1n) is 5.10. The summed E-state index contributed by atoms with van der Waals surface area (Å²) in [6, 6.07) is 4.95. The minimum atomic E-state index is -0.261. The molecule has 0 radical (unpaired) electrons. The van der Waals surface area contributed by atoms with Crippen LogP contribution < -0.4 is 10.5 Å². The Bertz CT molecular complexity index is 413. The summed E-state index contributed by atoms with van der Waals surface area (Å²) in [4.78, 5) is 22.6. The standard InChI is InChI=1S/C12H15NO3/c1-3-16-12-9(5-4-6-10(12)13)11(15)7-8(2)14/h4-6H,3,7,13H2,1-2H3. The van der Waals surface area contributed by atoms with Gasteiger partial charge in [-0.25, -0.2) is 0 Å². The van der Waals surface area contributed by atoms with E-state index >= 15 is 0 Å². The molecule has 0 saturated heterocycles. The summed E-state index contributed by atoms with van der Waals surface area (Å²) < 4.78 is 5.31. The van der Waals surface area contributed by atoms with E-state index in [0.29, 0.717) is 23.6 Å². The van der Waals surface area contributed by atoms with Crippen molar-refractivity contribution in [2.75, 3.05) is 12.3 Å². The van der Waals surface area contributed by atoms with Gasteiger partial charge < -0.3 is 10.5 Å². The van der Waals surface area contributed by atoms with E-state index in [1.165, 1.54) is 6.92 Å². The van der Waals surface area contributed by atoms with Gasteiger partial charge in [-0.15, -0.1) is 0 Å². The molecular formula is C12H15NO3. The van der Waals surface area contributed by atoms with Gasteiger partial charge in [0.1, 0.15) is 5.78 Å². The highest BCUT2D eigenvalue weighted by atomic mass is 16.5. The summed E-state index contributed by atoms with van der Waals surface area (Å²) in [6.07, 6.45) is -0.122. The predicted molar refractivity (Wildman–Crippen MR) is 61.7 cm³/mol. The predicted octanol–water partition coefficient (Wildman–Crippen LogP) is 1.83. The van der Waals surface area contributed by atoms with E-state index in [1.54, 1.807) is 18.2 Å². The number of carbonyl (C=O) groups excluding carboxylic acids is 2. The smallest absolute Gasteiger partial charge is 0.174 e. The van der Waals surface area contributed by atoms with Gasteiger partial charge in [0, 0.05) is 0 Å². The Morgan fingerprint density at radius 1 is 1.38 bits per heavy atom. The Balaban J connectivity index is 3.07. The second kappa shape index (κ2) is 5.30. The van der Waals surface area contributed by atoms with Gasteiger partial charge in [0.25, 0.3) is 0 Å². The summed E-state index contributed by atoms with van der Waals surface area (Å²) >= 11 is 0. The molecule has 0 aromatic heterocycles.